The van der Waals surface area contributed by atoms with E-state index < -0.39 is 8.60 Å². The Kier molecular flexibility index (Phi) is 3.47. The highest BCUT2D eigenvalue weighted by atomic mass is 32.1. The van der Waals surface area contributed by atoms with Gasteiger partial charge in [0.15, 0.2) is 5.06 Å². The smallest absolute Gasteiger partial charge is 0.392 e. The molecule has 68 valence electrons. The quantitative estimate of drug-likeness (QED) is 0.745. The average molecular weight is 206 g/mol. The van der Waals surface area contributed by atoms with E-state index in [1.165, 1.54) is 11.3 Å². The van der Waals surface area contributed by atoms with Gasteiger partial charge < -0.3 is 14.3 Å². The fourth-order valence-electron chi connectivity index (χ4n) is 1.02. The summed E-state index contributed by atoms with van der Waals surface area (Å²) in [7, 11) is -2.27. The molecule has 1 aromatic heterocycles. The second-order valence-corrected chi connectivity index (χ2v) is 3.91. The molecular weight excluding hydrogens is 195 g/mol. The van der Waals surface area contributed by atoms with Gasteiger partial charge >= 0.3 is 8.60 Å². The van der Waals surface area contributed by atoms with Crippen LogP contribution in [0.2, 0.25) is 0 Å². The van der Waals surface area contributed by atoms with Crippen molar-refractivity contribution in [1.29, 1.82) is 0 Å². The van der Waals surface area contributed by atoms with Crippen molar-refractivity contribution in [3.8, 4) is 5.06 Å². The van der Waals surface area contributed by atoms with Crippen LogP contribution in [0.25, 0.3) is 0 Å². The minimum atomic E-state index is -2.27. The summed E-state index contributed by atoms with van der Waals surface area (Å²) in [4.78, 5) is 17.3. The lowest BCUT2D eigenvalue weighted by molar-refractivity contribution is 0.378. The topological polar surface area (TPSA) is 49.7 Å². The molecule has 1 heterocycles. The minimum Gasteiger partial charge on any atom is -0.416 e. The fraction of sp³-hybridized carbons (Fsp3) is 0.429. The first kappa shape index (κ1) is 9.93. The van der Waals surface area contributed by atoms with E-state index in [-0.39, 0.29) is 0 Å². The van der Waals surface area contributed by atoms with E-state index in [4.69, 9.17) is 14.3 Å². The van der Waals surface area contributed by atoms with Gasteiger partial charge in [-0.3, -0.25) is 0 Å². The van der Waals surface area contributed by atoms with Gasteiger partial charge in [0.2, 0.25) is 0 Å². The van der Waals surface area contributed by atoms with Gasteiger partial charge in [-0.25, -0.2) is 0 Å². The molecule has 0 spiro atoms. The summed E-state index contributed by atoms with van der Waals surface area (Å²) in [5.41, 5.74) is 2.21. The molecule has 0 aliphatic rings. The van der Waals surface area contributed by atoms with E-state index in [0.29, 0.717) is 5.06 Å². The molecule has 0 fully saturated rings. The maximum atomic E-state index is 8.64. The predicted molar refractivity (Wildman–Crippen MR) is 50.4 cm³/mol. The largest absolute Gasteiger partial charge is 0.416 e. The van der Waals surface area contributed by atoms with E-state index in [1.807, 2.05) is 19.2 Å². The van der Waals surface area contributed by atoms with E-state index in [1.54, 1.807) is 0 Å². The summed E-state index contributed by atoms with van der Waals surface area (Å²) in [6.45, 7) is 4.00. The lowest BCUT2D eigenvalue weighted by Crippen LogP contribution is -1.87. The minimum absolute atomic E-state index is 0.631. The SMILES string of the molecule is CCc1c(C)csc1OP(O)O. The van der Waals surface area contributed by atoms with Crippen LogP contribution in [-0.4, -0.2) is 9.79 Å². The van der Waals surface area contributed by atoms with E-state index in [9.17, 15) is 0 Å². The van der Waals surface area contributed by atoms with E-state index in [2.05, 4.69) is 0 Å². The Labute approximate surface area is 76.6 Å². The van der Waals surface area contributed by atoms with Gasteiger partial charge in [0.1, 0.15) is 0 Å². The van der Waals surface area contributed by atoms with Crippen LogP contribution in [-0.2, 0) is 6.42 Å². The third-order valence-corrected chi connectivity index (χ3v) is 3.07. The molecule has 1 rings (SSSR count). The lowest BCUT2D eigenvalue weighted by Gasteiger charge is -2.04. The van der Waals surface area contributed by atoms with Crippen LogP contribution in [0.15, 0.2) is 5.38 Å². The predicted octanol–water partition coefficient (Wildman–Crippen LogP) is 2.21. The van der Waals surface area contributed by atoms with Crippen LogP contribution < -0.4 is 4.52 Å². The molecule has 5 heteroatoms. The highest BCUT2D eigenvalue weighted by Crippen LogP contribution is 2.38. The Morgan fingerprint density at radius 3 is 2.75 bits per heavy atom. The average Bonchev–Trinajstić information content (AvgIpc) is 2.30. The van der Waals surface area contributed by atoms with Gasteiger partial charge in [-0.2, -0.15) is 0 Å². The first-order valence-corrected chi connectivity index (χ1v) is 5.62. The van der Waals surface area contributed by atoms with E-state index >= 15 is 0 Å². The monoisotopic (exact) mass is 206 g/mol. The molecule has 0 unspecified atom stereocenters. The molecule has 0 radical (unpaired) electrons. The van der Waals surface area contributed by atoms with Crippen molar-refractivity contribution in [2.45, 2.75) is 20.3 Å². The van der Waals surface area contributed by atoms with Crippen molar-refractivity contribution in [1.82, 2.24) is 0 Å². The van der Waals surface area contributed by atoms with Crippen LogP contribution in [0.4, 0.5) is 0 Å². The van der Waals surface area contributed by atoms with Gasteiger partial charge in [-0.1, -0.05) is 6.92 Å². The summed E-state index contributed by atoms with van der Waals surface area (Å²) >= 11 is 1.40. The van der Waals surface area contributed by atoms with Crippen molar-refractivity contribution in [2.24, 2.45) is 0 Å². The van der Waals surface area contributed by atoms with Crippen LogP contribution in [0.3, 0.4) is 0 Å². The molecule has 0 aliphatic carbocycles. The highest BCUT2D eigenvalue weighted by Gasteiger charge is 2.11. The maximum Gasteiger partial charge on any atom is 0.392 e. The van der Waals surface area contributed by atoms with E-state index in [0.717, 1.165) is 17.5 Å². The molecule has 0 saturated heterocycles. The first-order valence-electron chi connectivity index (χ1n) is 3.58. The van der Waals surface area contributed by atoms with Gasteiger partial charge in [0, 0.05) is 5.56 Å². The highest BCUT2D eigenvalue weighted by molar-refractivity contribution is 7.40. The van der Waals surface area contributed by atoms with Crippen LogP contribution in [0.1, 0.15) is 18.1 Å². The zero-order valence-corrected chi connectivity index (χ0v) is 8.65. The molecule has 0 saturated carbocycles. The van der Waals surface area contributed by atoms with Gasteiger partial charge in [-0.15, -0.1) is 11.3 Å². The van der Waals surface area contributed by atoms with Gasteiger partial charge in [0.25, 0.3) is 0 Å². The molecule has 0 aromatic carbocycles. The number of thiophene rings is 1. The van der Waals surface area contributed by atoms with Crippen molar-refractivity contribution >= 4 is 19.9 Å². The standard InChI is InChI=1S/C7H11O3PS/c1-3-6-5(2)4-12-7(6)10-11(8)9/h4,8-9H,3H2,1-2H3. The Bertz CT molecular complexity index is 259. The van der Waals surface area contributed by atoms with Crippen LogP contribution in [0.5, 0.6) is 5.06 Å². The van der Waals surface area contributed by atoms with Gasteiger partial charge in [0.05, 0.1) is 0 Å². The zero-order valence-electron chi connectivity index (χ0n) is 6.94. The number of aryl methyl sites for hydroxylation is 1. The summed E-state index contributed by atoms with van der Waals surface area (Å²) in [6, 6.07) is 0. The Morgan fingerprint density at radius 1 is 1.58 bits per heavy atom. The van der Waals surface area contributed by atoms with Crippen molar-refractivity contribution in [3.63, 3.8) is 0 Å². The second-order valence-electron chi connectivity index (χ2n) is 2.38. The molecular formula is C7H11O3PS. The molecule has 2 N–H and O–H groups in total. The van der Waals surface area contributed by atoms with Gasteiger partial charge in [-0.05, 0) is 24.3 Å². The summed E-state index contributed by atoms with van der Waals surface area (Å²) in [6.07, 6.45) is 0.855. The molecule has 0 amide bonds. The Balaban J connectivity index is 2.84. The third kappa shape index (κ3) is 2.17. The Morgan fingerprint density at radius 2 is 2.25 bits per heavy atom. The normalized spacial score (nSPS) is 10.8. The molecule has 3 nitrogen and oxygen atoms in total. The zero-order chi connectivity index (χ0) is 9.14. The van der Waals surface area contributed by atoms with Crippen molar-refractivity contribution in [2.75, 3.05) is 0 Å². The number of hydrogen-bond acceptors (Lipinski definition) is 4. The summed E-state index contributed by atoms with van der Waals surface area (Å²) < 4.78 is 4.85. The molecule has 1 aromatic rings. The molecule has 0 aliphatic heterocycles. The van der Waals surface area contributed by atoms with Crippen molar-refractivity contribution in [3.05, 3.63) is 16.5 Å². The van der Waals surface area contributed by atoms with Crippen molar-refractivity contribution < 1.29 is 14.3 Å². The fourth-order valence-corrected chi connectivity index (χ4v) is 2.52. The van der Waals surface area contributed by atoms with Crippen LogP contribution >= 0.6 is 19.9 Å². The third-order valence-electron chi connectivity index (χ3n) is 1.58. The number of hydrogen-bond donors (Lipinski definition) is 2. The molecule has 0 atom stereocenters. The molecule has 0 bridgehead atoms. The Hall–Kier alpha value is -0.150. The maximum absolute atomic E-state index is 8.64. The second kappa shape index (κ2) is 4.19. The lowest BCUT2D eigenvalue weighted by atomic mass is 10.2. The van der Waals surface area contributed by atoms with Crippen LogP contribution in [0, 0.1) is 6.92 Å². The number of rotatable bonds is 3. The summed E-state index contributed by atoms with van der Waals surface area (Å²) in [5.74, 6) is 0. The molecule has 12 heavy (non-hydrogen) atoms. The summed E-state index contributed by atoms with van der Waals surface area (Å²) in [5, 5.41) is 2.58. The first-order chi connectivity index (χ1) is 5.65.